The summed E-state index contributed by atoms with van der Waals surface area (Å²) in [6, 6.07) is 17.2. The lowest BCUT2D eigenvalue weighted by Gasteiger charge is -2.43. The fourth-order valence-electron chi connectivity index (χ4n) is 7.04. The van der Waals surface area contributed by atoms with Gasteiger partial charge < -0.3 is 14.7 Å². The molecule has 2 aliphatic heterocycles. The number of aromatic nitrogens is 4. The highest BCUT2D eigenvalue weighted by Crippen LogP contribution is 2.37. The second kappa shape index (κ2) is 11.9. The van der Waals surface area contributed by atoms with Crippen molar-refractivity contribution in [2.45, 2.75) is 77.7 Å². The van der Waals surface area contributed by atoms with Gasteiger partial charge in [-0.1, -0.05) is 35.6 Å². The van der Waals surface area contributed by atoms with Gasteiger partial charge in [-0.25, -0.2) is 14.8 Å². The number of aromatic carboxylic acids is 1. The monoisotopic (exact) mass is 650 g/mol. The van der Waals surface area contributed by atoms with Gasteiger partial charge in [0.2, 0.25) is 0 Å². The van der Waals surface area contributed by atoms with E-state index in [1.807, 2.05) is 71.1 Å². The number of fused-ring (bicyclic) bond motifs is 2. The zero-order chi connectivity index (χ0) is 32.9. The van der Waals surface area contributed by atoms with Crippen LogP contribution < -0.4 is 10.2 Å². The molecular weight excluding hydrogens is 613 g/mol. The minimum atomic E-state index is -1.10. The highest BCUT2D eigenvalue weighted by atomic mass is 32.1. The molecule has 0 bridgehead atoms. The molecule has 7 rings (SSSR count). The van der Waals surface area contributed by atoms with E-state index in [-0.39, 0.29) is 22.8 Å². The number of carbonyl (C=O) groups is 2. The Morgan fingerprint density at radius 1 is 1.02 bits per heavy atom. The molecule has 1 unspecified atom stereocenters. The van der Waals surface area contributed by atoms with Crippen LogP contribution in [-0.4, -0.2) is 54.5 Å². The molecule has 0 aliphatic carbocycles. The number of hydrogen-bond donors (Lipinski definition) is 2. The van der Waals surface area contributed by atoms with Crippen LogP contribution in [-0.2, 0) is 24.2 Å². The number of carboxylic acids is 1. The fraction of sp³-hybridized carbons (Fsp3) is 0.361. The van der Waals surface area contributed by atoms with Gasteiger partial charge in [0.1, 0.15) is 5.82 Å². The average Bonchev–Trinajstić information content (AvgIpc) is 3.61. The van der Waals surface area contributed by atoms with Gasteiger partial charge in [0.15, 0.2) is 10.8 Å². The lowest BCUT2D eigenvalue weighted by atomic mass is 9.88. The zero-order valence-electron chi connectivity index (χ0n) is 27.0. The molecule has 1 fully saturated rings. The van der Waals surface area contributed by atoms with Crippen molar-refractivity contribution in [1.29, 1.82) is 0 Å². The lowest BCUT2D eigenvalue weighted by Crippen LogP contribution is -2.46. The summed E-state index contributed by atoms with van der Waals surface area (Å²) in [7, 11) is 0. The molecule has 0 spiro atoms. The van der Waals surface area contributed by atoms with Crippen molar-refractivity contribution < 1.29 is 19.4 Å². The number of amides is 1. The Morgan fingerprint density at radius 2 is 1.85 bits per heavy atom. The normalized spacial score (nSPS) is 19.0. The number of rotatable bonds is 7. The number of thiazole rings is 1. The van der Waals surface area contributed by atoms with Crippen molar-refractivity contribution >= 4 is 44.4 Å². The molecule has 242 valence electrons. The number of para-hydroxylation sites is 1. The number of carbonyl (C=O) groups excluding carboxylic acids is 1. The predicted molar refractivity (Wildman–Crippen MR) is 183 cm³/mol. The summed E-state index contributed by atoms with van der Waals surface area (Å²) in [5.41, 5.74) is 4.96. The Labute approximate surface area is 277 Å². The summed E-state index contributed by atoms with van der Waals surface area (Å²) in [5.74, 6) is -0.777. The van der Waals surface area contributed by atoms with Gasteiger partial charge >= 0.3 is 5.97 Å². The Bertz CT molecular complexity index is 1980. The van der Waals surface area contributed by atoms with E-state index >= 15 is 0 Å². The number of carboxylic acid groups (broad SMARTS) is 1. The van der Waals surface area contributed by atoms with Crippen molar-refractivity contribution in [3.8, 4) is 11.1 Å². The number of hydrogen-bond acceptors (Lipinski definition) is 8. The van der Waals surface area contributed by atoms with Crippen LogP contribution in [0.15, 0.2) is 60.8 Å². The van der Waals surface area contributed by atoms with Crippen molar-refractivity contribution in [1.82, 2.24) is 19.7 Å². The SMILES string of the molecule is Cc1c(-c2ccc(N3CCc4cccc(C(=O)Nc5nc6ccccc6s5)c4C3)nc2C(=O)O)cnn1CC1(C)CCCC(C)(C)O1. The van der Waals surface area contributed by atoms with Crippen molar-refractivity contribution in [2.75, 3.05) is 16.8 Å². The Kier molecular flexibility index (Phi) is 7.84. The van der Waals surface area contributed by atoms with Crippen LogP contribution in [0.2, 0.25) is 0 Å². The minimum Gasteiger partial charge on any atom is -0.476 e. The van der Waals surface area contributed by atoms with E-state index < -0.39 is 5.97 Å². The Hall–Kier alpha value is -4.61. The molecule has 5 aromatic rings. The third kappa shape index (κ3) is 6.13. The van der Waals surface area contributed by atoms with Crippen molar-refractivity contribution in [3.05, 3.63) is 88.9 Å². The largest absolute Gasteiger partial charge is 0.476 e. The molecule has 2 aromatic carbocycles. The zero-order valence-corrected chi connectivity index (χ0v) is 27.9. The first kappa shape index (κ1) is 31.0. The van der Waals surface area contributed by atoms with Gasteiger partial charge in [0.25, 0.3) is 5.91 Å². The summed E-state index contributed by atoms with van der Waals surface area (Å²) in [4.78, 5) is 37.3. The Balaban J connectivity index is 1.13. The second-order valence-corrected chi connectivity index (χ2v) is 14.4. The number of nitrogens with one attached hydrogen (secondary N) is 1. The van der Waals surface area contributed by atoms with E-state index in [1.54, 1.807) is 6.20 Å². The molecule has 1 amide bonds. The number of ether oxygens (including phenoxy) is 1. The lowest BCUT2D eigenvalue weighted by molar-refractivity contribution is -0.172. The highest BCUT2D eigenvalue weighted by Gasteiger charge is 2.38. The number of nitrogens with zero attached hydrogens (tertiary/aromatic N) is 5. The van der Waals surface area contributed by atoms with E-state index in [0.717, 1.165) is 51.9 Å². The smallest absolute Gasteiger partial charge is 0.355 e. The van der Waals surface area contributed by atoms with Gasteiger partial charge in [-0.2, -0.15) is 5.10 Å². The summed E-state index contributed by atoms with van der Waals surface area (Å²) in [5, 5.41) is 18.5. The molecular formula is C36H38N6O4S. The third-order valence-corrected chi connectivity index (χ3v) is 10.3. The van der Waals surface area contributed by atoms with Crippen LogP contribution in [0, 0.1) is 6.92 Å². The maximum Gasteiger partial charge on any atom is 0.355 e. The molecule has 2 N–H and O–H groups in total. The molecule has 0 saturated carbocycles. The number of pyridine rings is 1. The quantitative estimate of drug-likeness (QED) is 0.191. The topological polar surface area (TPSA) is 122 Å². The minimum absolute atomic E-state index is 0.0286. The van der Waals surface area contributed by atoms with Crippen molar-refractivity contribution in [3.63, 3.8) is 0 Å². The fourth-order valence-corrected chi connectivity index (χ4v) is 7.90. The van der Waals surface area contributed by atoms with Crippen LogP contribution in [0.5, 0.6) is 0 Å². The molecule has 11 heteroatoms. The number of anilines is 2. The third-order valence-electron chi connectivity index (χ3n) is 9.32. The summed E-state index contributed by atoms with van der Waals surface area (Å²) in [6.45, 7) is 9.99. The van der Waals surface area contributed by atoms with Crippen LogP contribution in [0.1, 0.15) is 77.7 Å². The van der Waals surface area contributed by atoms with Gasteiger partial charge in [-0.05, 0) is 94.8 Å². The van der Waals surface area contributed by atoms with E-state index in [9.17, 15) is 14.7 Å². The average molecular weight is 651 g/mol. The summed E-state index contributed by atoms with van der Waals surface area (Å²) >= 11 is 1.44. The highest BCUT2D eigenvalue weighted by molar-refractivity contribution is 7.22. The molecule has 3 aromatic heterocycles. The maximum absolute atomic E-state index is 13.5. The van der Waals surface area contributed by atoms with Crippen molar-refractivity contribution in [2.24, 2.45) is 0 Å². The van der Waals surface area contributed by atoms with E-state index in [4.69, 9.17) is 4.74 Å². The number of benzene rings is 2. The van der Waals surface area contributed by atoms with Crippen LogP contribution in [0.3, 0.4) is 0 Å². The molecule has 5 heterocycles. The molecule has 1 saturated heterocycles. The molecule has 47 heavy (non-hydrogen) atoms. The molecule has 10 nitrogen and oxygen atoms in total. The van der Waals surface area contributed by atoms with Gasteiger partial charge in [-0.3, -0.25) is 14.8 Å². The molecule has 2 aliphatic rings. The summed E-state index contributed by atoms with van der Waals surface area (Å²) in [6.07, 6.45) is 5.47. The van der Waals surface area contributed by atoms with E-state index in [2.05, 4.69) is 41.2 Å². The van der Waals surface area contributed by atoms with Gasteiger partial charge in [0.05, 0.1) is 34.2 Å². The van der Waals surface area contributed by atoms with E-state index in [1.165, 1.54) is 11.3 Å². The molecule has 0 radical (unpaired) electrons. The first-order chi connectivity index (χ1) is 22.5. The predicted octanol–water partition coefficient (Wildman–Crippen LogP) is 7.11. The van der Waals surface area contributed by atoms with Gasteiger partial charge in [0, 0.05) is 35.5 Å². The van der Waals surface area contributed by atoms with Crippen LogP contribution in [0.4, 0.5) is 10.9 Å². The Morgan fingerprint density at radius 3 is 2.64 bits per heavy atom. The standard InChI is InChI=1S/C36H38N6O4S/c1-22-26(19-37-42(22)21-36(4)17-8-16-35(2,3)46-36)24-13-14-30(39-31(24)33(44)45)41-18-15-23-9-7-10-25(27(23)20-41)32(43)40-34-38-28-11-5-6-12-29(28)47-34/h5-7,9-14,19H,8,15-18,20-21H2,1-4H3,(H,44,45)(H,38,40,43). The van der Waals surface area contributed by atoms with Gasteiger partial charge in [-0.15, -0.1) is 0 Å². The maximum atomic E-state index is 13.5. The first-order valence-electron chi connectivity index (χ1n) is 16.0. The molecule has 1 atom stereocenters. The van der Waals surface area contributed by atoms with Crippen LogP contribution in [0.25, 0.3) is 21.3 Å². The summed E-state index contributed by atoms with van der Waals surface area (Å²) < 4.78 is 9.39. The first-order valence-corrected chi connectivity index (χ1v) is 16.8. The second-order valence-electron chi connectivity index (χ2n) is 13.4. The van der Waals surface area contributed by atoms with Crippen LogP contribution >= 0.6 is 11.3 Å². The van der Waals surface area contributed by atoms with E-state index in [0.29, 0.717) is 48.1 Å².